The Kier molecular flexibility index (Phi) is 3.51. The van der Waals surface area contributed by atoms with Crippen molar-refractivity contribution in [3.63, 3.8) is 0 Å². The predicted molar refractivity (Wildman–Crippen MR) is 100 cm³/mol. The minimum atomic E-state index is -0.485. The van der Waals surface area contributed by atoms with Gasteiger partial charge in [-0.3, -0.25) is 4.79 Å². The Labute approximate surface area is 157 Å². The third-order valence-electron chi connectivity index (χ3n) is 4.15. The molecule has 2 aromatic heterocycles. The van der Waals surface area contributed by atoms with Crippen LogP contribution in [0.25, 0.3) is 17.0 Å². The fourth-order valence-electron chi connectivity index (χ4n) is 2.84. The van der Waals surface area contributed by atoms with Crippen LogP contribution in [-0.4, -0.2) is 26.5 Å². The van der Waals surface area contributed by atoms with E-state index in [9.17, 15) is 4.79 Å². The summed E-state index contributed by atoms with van der Waals surface area (Å²) >= 11 is 6.28. The molecule has 0 bridgehead atoms. The second-order valence-corrected chi connectivity index (χ2v) is 6.24. The molecule has 2 N–H and O–H groups in total. The van der Waals surface area contributed by atoms with Gasteiger partial charge in [-0.15, -0.1) is 0 Å². The number of rotatable bonds is 3. The zero-order valence-corrected chi connectivity index (χ0v) is 14.5. The fourth-order valence-corrected chi connectivity index (χ4v) is 3.02. The van der Waals surface area contributed by atoms with Crippen molar-refractivity contribution in [2.24, 2.45) is 0 Å². The number of para-hydroxylation sites is 2. The van der Waals surface area contributed by atoms with Crippen LogP contribution in [0.2, 0.25) is 5.02 Å². The van der Waals surface area contributed by atoms with Crippen molar-refractivity contribution in [3.8, 4) is 17.4 Å². The lowest BCUT2D eigenvalue weighted by Crippen LogP contribution is -2.23. The number of benzene rings is 2. The molecule has 0 aliphatic carbocycles. The maximum absolute atomic E-state index is 12.7. The molecule has 8 nitrogen and oxygen atoms in total. The highest BCUT2D eigenvalue weighted by molar-refractivity contribution is 6.33. The van der Waals surface area contributed by atoms with Gasteiger partial charge in [0.2, 0.25) is 12.7 Å². The van der Waals surface area contributed by atoms with E-state index < -0.39 is 5.56 Å². The van der Waals surface area contributed by atoms with Crippen LogP contribution in [0.1, 0.15) is 0 Å². The molecular formula is C18H12ClN5O3. The number of imidazole rings is 1. The first-order valence-corrected chi connectivity index (χ1v) is 8.46. The molecule has 0 amide bonds. The van der Waals surface area contributed by atoms with Crippen molar-refractivity contribution in [2.45, 2.75) is 0 Å². The summed E-state index contributed by atoms with van der Waals surface area (Å²) in [6.07, 6.45) is 1.47. The summed E-state index contributed by atoms with van der Waals surface area (Å²) < 4.78 is 11.8. The number of fused-ring (bicyclic) bond motifs is 2. The predicted octanol–water partition coefficient (Wildman–Crippen LogP) is 3.23. The molecule has 1 aliphatic heterocycles. The standard InChI is InChI=1S/C18H12ClN5O3/c19-16-13(21-10-5-6-14-15(7-10)27-9-26-14)8-20-24(17(16)25)18-22-11-3-1-2-4-12(11)23-18/h1-8,21H,9H2,(H,22,23). The number of aromatic nitrogens is 4. The summed E-state index contributed by atoms with van der Waals surface area (Å²) in [5, 5.41) is 7.26. The molecule has 27 heavy (non-hydrogen) atoms. The quantitative estimate of drug-likeness (QED) is 0.566. The van der Waals surface area contributed by atoms with E-state index in [1.54, 1.807) is 18.2 Å². The number of nitrogens with one attached hydrogen (secondary N) is 2. The smallest absolute Gasteiger partial charge is 0.295 e. The van der Waals surface area contributed by atoms with Crippen LogP contribution in [0.4, 0.5) is 11.4 Å². The Morgan fingerprint density at radius 1 is 1.15 bits per heavy atom. The molecule has 134 valence electrons. The van der Waals surface area contributed by atoms with Gasteiger partial charge in [-0.05, 0) is 24.3 Å². The molecule has 0 unspecified atom stereocenters. The van der Waals surface area contributed by atoms with Gasteiger partial charge in [-0.1, -0.05) is 23.7 Å². The number of ether oxygens (including phenoxy) is 2. The van der Waals surface area contributed by atoms with Crippen LogP contribution in [0.5, 0.6) is 11.5 Å². The highest BCUT2D eigenvalue weighted by atomic mass is 35.5. The Balaban J connectivity index is 1.50. The van der Waals surface area contributed by atoms with Crippen molar-refractivity contribution in [2.75, 3.05) is 12.1 Å². The topological polar surface area (TPSA) is 94.1 Å². The molecule has 0 saturated carbocycles. The van der Waals surface area contributed by atoms with Gasteiger partial charge >= 0.3 is 0 Å². The number of aromatic amines is 1. The van der Waals surface area contributed by atoms with E-state index >= 15 is 0 Å². The summed E-state index contributed by atoms with van der Waals surface area (Å²) in [7, 11) is 0. The van der Waals surface area contributed by atoms with Crippen molar-refractivity contribution in [1.29, 1.82) is 0 Å². The minimum absolute atomic E-state index is 0.00289. The fraction of sp³-hybridized carbons (Fsp3) is 0.0556. The van der Waals surface area contributed by atoms with E-state index in [1.807, 2.05) is 24.3 Å². The molecule has 9 heteroatoms. The number of hydrogen-bond acceptors (Lipinski definition) is 6. The molecule has 3 heterocycles. The summed E-state index contributed by atoms with van der Waals surface area (Å²) in [6.45, 7) is 0.189. The highest BCUT2D eigenvalue weighted by Crippen LogP contribution is 2.35. The third-order valence-corrected chi connectivity index (χ3v) is 4.51. The number of hydrogen-bond donors (Lipinski definition) is 2. The molecule has 0 spiro atoms. The molecule has 0 fully saturated rings. The number of halogens is 1. The second-order valence-electron chi connectivity index (χ2n) is 5.86. The second kappa shape index (κ2) is 6.03. The monoisotopic (exact) mass is 381 g/mol. The molecule has 4 aromatic rings. The summed E-state index contributed by atoms with van der Waals surface area (Å²) in [5.41, 5.74) is 2.14. The van der Waals surface area contributed by atoms with Gasteiger partial charge in [-0.25, -0.2) is 4.98 Å². The van der Waals surface area contributed by atoms with Gasteiger partial charge in [0.05, 0.1) is 22.9 Å². The van der Waals surface area contributed by atoms with Crippen LogP contribution in [0.3, 0.4) is 0 Å². The maximum Gasteiger partial charge on any atom is 0.295 e. The number of anilines is 2. The van der Waals surface area contributed by atoms with E-state index in [2.05, 4.69) is 20.4 Å². The Hall–Kier alpha value is -3.52. The highest BCUT2D eigenvalue weighted by Gasteiger charge is 2.16. The van der Waals surface area contributed by atoms with Gasteiger partial charge in [0.1, 0.15) is 5.02 Å². The van der Waals surface area contributed by atoms with Crippen molar-refractivity contribution in [1.82, 2.24) is 19.7 Å². The van der Waals surface area contributed by atoms with E-state index in [4.69, 9.17) is 21.1 Å². The number of H-pyrrole nitrogens is 1. The van der Waals surface area contributed by atoms with Gasteiger partial charge in [0.25, 0.3) is 5.56 Å². The molecule has 5 rings (SSSR count). The van der Waals surface area contributed by atoms with Crippen LogP contribution in [0, 0.1) is 0 Å². The lowest BCUT2D eigenvalue weighted by atomic mass is 10.2. The lowest BCUT2D eigenvalue weighted by Gasteiger charge is -2.09. The van der Waals surface area contributed by atoms with Crippen LogP contribution < -0.4 is 20.3 Å². The zero-order chi connectivity index (χ0) is 18.4. The Bertz CT molecular complexity index is 1200. The van der Waals surface area contributed by atoms with E-state index in [0.29, 0.717) is 28.8 Å². The average Bonchev–Trinajstić information content (AvgIpc) is 3.31. The van der Waals surface area contributed by atoms with Crippen LogP contribution >= 0.6 is 11.6 Å². The van der Waals surface area contributed by atoms with Crippen molar-refractivity contribution in [3.05, 3.63) is 64.0 Å². The summed E-state index contributed by atoms with van der Waals surface area (Å²) in [5.74, 6) is 1.60. The molecule has 0 saturated heterocycles. The van der Waals surface area contributed by atoms with Crippen LogP contribution in [-0.2, 0) is 0 Å². The SMILES string of the molecule is O=c1c(Cl)c(Nc2ccc3c(c2)OCO3)cnn1-c1nc2ccccc2[nH]1. The van der Waals surface area contributed by atoms with Gasteiger partial charge < -0.3 is 19.8 Å². The van der Waals surface area contributed by atoms with Crippen molar-refractivity contribution >= 4 is 34.0 Å². The first kappa shape index (κ1) is 15.7. The third kappa shape index (κ3) is 2.67. The van der Waals surface area contributed by atoms with E-state index in [-0.39, 0.29) is 11.8 Å². The minimum Gasteiger partial charge on any atom is -0.454 e. The molecule has 0 radical (unpaired) electrons. The average molecular weight is 382 g/mol. The van der Waals surface area contributed by atoms with E-state index in [0.717, 1.165) is 15.7 Å². The maximum atomic E-state index is 12.7. The molecule has 2 aromatic carbocycles. The van der Waals surface area contributed by atoms with Crippen LogP contribution in [0.15, 0.2) is 53.5 Å². The molecular weight excluding hydrogens is 370 g/mol. The molecule has 1 aliphatic rings. The number of nitrogens with zero attached hydrogens (tertiary/aromatic N) is 3. The van der Waals surface area contributed by atoms with Gasteiger partial charge in [-0.2, -0.15) is 9.78 Å². The first-order chi connectivity index (χ1) is 13.2. The summed E-state index contributed by atoms with van der Waals surface area (Å²) in [4.78, 5) is 20.1. The zero-order valence-electron chi connectivity index (χ0n) is 13.8. The largest absolute Gasteiger partial charge is 0.454 e. The summed E-state index contributed by atoms with van der Waals surface area (Å²) in [6, 6.07) is 12.8. The van der Waals surface area contributed by atoms with Crippen molar-refractivity contribution < 1.29 is 9.47 Å². The Morgan fingerprint density at radius 2 is 2.00 bits per heavy atom. The lowest BCUT2D eigenvalue weighted by molar-refractivity contribution is 0.174. The van der Waals surface area contributed by atoms with Gasteiger partial charge in [0.15, 0.2) is 11.5 Å². The normalized spacial score (nSPS) is 12.5. The van der Waals surface area contributed by atoms with E-state index in [1.165, 1.54) is 6.20 Å². The van der Waals surface area contributed by atoms with Gasteiger partial charge in [0, 0.05) is 11.8 Å². The Morgan fingerprint density at radius 3 is 2.89 bits per heavy atom. The molecule has 0 atom stereocenters. The first-order valence-electron chi connectivity index (χ1n) is 8.09.